The van der Waals surface area contributed by atoms with Crippen molar-refractivity contribution < 1.29 is 9.53 Å². The van der Waals surface area contributed by atoms with Gasteiger partial charge in [-0.1, -0.05) is 6.07 Å². The molecule has 5 nitrogen and oxygen atoms in total. The number of hydrogen-bond acceptors (Lipinski definition) is 4. The molecule has 2 heterocycles. The molecular formula is C18H25N3O2S. The third-order valence-corrected chi connectivity index (χ3v) is 5.18. The minimum absolute atomic E-state index is 0.211. The molecule has 0 atom stereocenters. The highest BCUT2D eigenvalue weighted by Crippen LogP contribution is 2.31. The van der Waals surface area contributed by atoms with Crippen molar-refractivity contribution in [3.05, 3.63) is 30.5 Å². The van der Waals surface area contributed by atoms with Crippen LogP contribution in [0, 0.1) is 0 Å². The number of fused-ring (bicyclic) bond motifs is 1. The van der Waals surface area contributed by atoms with Gasteiger partial charge in [-0.05, 0) is 50.9 Å². The molecule has 0 spiro atoms. The lowest BCUT2D eigenvalue weighted by Crippen LogP contribution is -2.47. The largest absolute Gasteiger partial charge is 0.444 e. The second kappa shape index (κ2) is 6.69. The first-order valence-corrected chi connectivity index (χ1v) is 9.06. The van der Waals surface area contributed by atoms with Gasteiger partial charge in [0, 0.05) is 55.2 Å². The summed E-state index contributed by atoms with van der Waals surface area (Å²) in [5.74, 6) is 0. The van der Waals surface area contributed by atoms with Gasteiger partial charge in [-0.3, -0.25) is 0 Å². The molecule has 3 rings (SSSR count). The number of ether oxygens (including phenoxy) is 1. The molecule has 1 aromatic heterocycles. The number of rotatable bonds is 2. The highest BCUT2D eigenvalue weighted by Gasteiger charge is 2.26. The Morgan fingerprint density at radius 1 is 1.12 bits per heavy atom. The molecule has 1 aliphatic heterocycles. The highest BCUT2D eigenvalue weighted by molar-refractivity contribution is 7.97. The molecule has 0 N–H and O–H groups in total. The van der Waals surface area contributed by atoms with Crippen molar-refractivity contribution in [2.24, 2.45) is 7.05 Å². The number of piperazine rings is 1. The van der Waals surface area contributed by atoms with E-state index < -0.39 is 5.60 Å². The van der Waals surface area contributed by atoms with Gasteiger partial charge in [-0.25, -0.2) is 9.10 Å². The molecule has 1 saturated heterocycles. The van der Waals surface area contributed by atoms with Gasteiger partial charge in [0.05, 0.1) is 0 Å². The third-order valence-electron chi connectivity index (χ3n) is 4.01. The second-order valence-electron chi connectivity index (χ2n) is 7.10. The van der Waals surface area contributed by atoms with Crippen LogP contribution < -0.4 is 0 Å². The standard InChI is InChI=1S/C18H25N3O2S/c1-18(2,3)23-17(22)20-10-12-21(13-11-20)24-16-7-5-6-15-14(16)8-9-19(15)4/h5-9H,10-13H2,1-4H3. The van der Waals surface area contributed by atoms with Gasteiger partial charge in [0.2, 0.25) is 0 Å². The van der Waals surface area contributed by atoms with Crippen molar-refractivity contribution in [2.45, 2.75) is 31.3 Å². The maximum Gasteiger partial charge on any atom is 0.410 e. The Balaban J connectivity index is 1.60. The van der Waals surface area contributed by atoms with Gasteiger partial charge in [0.25, 0.3) is 0 Å². The van der Waals surface area contributed by atoms with Crippen molar-refractivity contribution >= 4 is 28.9 Å². The smallest absolute Gasteiger partial charge is 0.410 e. The predicted octanol–water partition coefficient (Wildman–Crippen LogP) is 3.74. The van der Waals surface area contributed by atoms with E-state index in [9.17, 15) is 4.79 Å². The van der Waals surface area contributed by atoms with Gasteiger partial charge in [0.1, 0.15) is 5.60 Å². The Kier molecular flexibility index (Phi) is 4.78. The summed E-state index contributed by atoms with van der Waals surface area (Å²) in [6.45, 7) is 8.78. The lowest BCUT2D eigenvalue weighted by atomic mass is 10.2. The Bertz CT molecular complexity index is 727. The van der Waals surface area contributed by atoms with E-state index in [2.05, 4.69) is 46.4 Å². The van der Waals surface area contributed by atoms with E-state index in [1.165, 1.54) is 15.8 Å². The lowest BCUT2D eigenvalue weighted by molar-refractivity contribution is 0.0197. The predicted molar refractivity (Wildman–Crippen MR) is 98.2 cm³/mol. The normalized spacial score (nSPS) is 16.6. The van der Waals surface area contributed by atoms with Gasteiger partial charge in [-0.15, -0.1) is 0 Å². The number of hydrogen-bond donors (Lipinski definition) is 0. The topological polar surface area (TPSA) is 37.7 Å². The van der Waals surface area contributed by atoms with E-state index in [4.69, 9.17) is 4.74 Å². The van der Waals surface area contributed by atoms with Gasteiger partial charge < -0.3 is 14.2 Å². The fourth-order valence-corrected chi connectivity index (χ4v) is 3.82. The van der Waals surface area contributed by atoms with E-state index in [0.717, 1.165) is 13.1 Å². The maximum atomic E-state index is 12.1. The summed E-state index contributed by atoms with van der Waals surface area (Å²) in [7, 11) is 2.07. The van der Waals surface area contributed by atoms with Crippen molar-refractivity contribution in [1.82, 2.24) is 13.8 Å². The molecule has 130 valence electrons. The summed E-state index contributed by atoms with van der Waals surface area (Å²) in [6, 6.07) is 8.56. The summed E-state index contributed by atoms with van der Waals surface area (Å²) in [6.07, 6.45) is 1.88. The van der Waals surface area contributed by atoms with Crippen molar-refractivity contribution in [2.75, 3.05) is 26.2 Å². The number of carbonyl (C=O) groups excluding carboxylic acids is 1. The minimum Gasteiger partial charge on any atom is -0.444 e. The molecule has 0 radical (unpaired) electrons. The molecule has 1 amide bonds. The average molecular weight is 347 g/mol. The molecule has 6 heteroatoms. The molecule has 0 bridgehead atoms. The quantitative estimate of drug-likeness (QED) is 0.776. The van der Waals surface area contributed by atoms with Crippen LogP contribution in [0.5, 0.6) is 0 Å². The van der Waals surface area contributed by atoms with Crippen molar-refractivity contribution in [3.63, 3.8) is 0 Å². The molecule has 1 fully saturated rings. The molecule has 2 aromatic rings. The Labute approximate surface area is 147 Å². The first-order chi connectivity index (χ1) is 11.3. The summed E-state index contributed by atoms with van der Waals surface area (Å²) >= 11 is 1.78. The molecule has 0 unspecified atom stereocenters. The van der Waals surface area contributed by atoms with Crippen LogP contribution in [-0.4, -0.2) is 51.6 Å². The molecule has 1 aliphatic rings. The van der Waals surface area contributed by atoms with Crippen LogP contribution in [0.2, 0.25) is 0 Å². The molecule has 0 saturated carbocycles. The van der Waals surface area contributed by atoms with Gasteiger partial charge in [0.15, 0.2) is 0 Å². The van der Waals surface area contributed by atoms with E-state index >= 15 is 0 Å². The zero-order chi connectivity index (χ0) is 17.3. The second-order valence-corrected chi connectivity index (χ2v) is 8.24. The fourth-order valence-electron chi connectivity index (χ4n) is 2.78. The highest BCUT2D eigenvalue weighted by atomic mass is 32.2. The van der Waals surface area contributed by atoms with Crippen LogP contribution >= 0.6 is 11.9 Å². The fraction of sp³-hybridized carbons (Fsp3) is 0.500. The van der Waals surface area contributed by atoms with E-state index in [0.29, 0.717) is 13.1 Å². The van der Waals surface area contributed by atoms with Crippen LogP contribution in [0.4, 0.5) is 4.79 Å². The van der Waals surface area contributed by atoms with E-state index in [1.807, 2.05) is 20.8 Å². The monoisotopic (exact) mass is 347 g/mol. The van der Waals surface area contributed by atoms with E-state index in [-0.39, 0.29) is 6.09 Å². The molecule has 1 aromatic carbocycles. The Morgan fingerprint density at radius 3 is 2.50 bits per heavy atom. The third kappa shape index (κ3) is 3.87. The van der Waals surface area contributed by atoms with Crippen molar-refractivity contribution in [1.29, 1.82) is 0 Å². The number of nitrogens with zero attached hydrogens (tertiary/aromatic N) is 3. The maximum absolute atomic E-state index is 12.1. The van der Waals surface area contributed by atoms with Crippen LogP contribution in [0.25, 0.3) is 10.9 Å². The zero-order valence-electron chi connectivity index (χ0n) is 14.8. The summed E-state index contributed by atoms with van der Waals surface area (Å²) < 4.78 is 9.91. The van der Waals surface area contributed by atoms with Gasteiger partial charge >= 0.3 is 6.09 Å². The van der Waals surface area contributed by atoms with E-state index in [1.54, 1.807) is 16.8 Å². The SMILES string of the molecule is Cn1ccc2c(SN3CCN(C(=O)OC(C)(C)C)CC3)cccc21. The molecule has 24 heavy (non-hydrogen) atoms. The van der Waals surface area contributed by atoms with Crippen molar-refractivity contribution in [3.8, 4) is 0 Å². The van der Waals surface area contributed by atoms with Gasteiger partial charge in [-0.2, -0.15) is 0 Å². The van der Waals surface area contributed by atoms with Crippen LogP contribution in [0.1, 0.15) is 20.8 Å². The molecular weight excluding hydrogens is 322 g/mol. The average Bonchev–Trinajstić information content (AvgIpc) is 2.89. The van der Waals surface area contributed by atoms with Crippen LogP contribution in [0.15, 0.2) is 35.4 Å². The van der Waals surface area contributed by atoms with Crippen LogP contribution in [0.3, 0.4) is 0 Å². The number of aryl methyl sites for hydroxylation is 1. The lowest BCUT2D eigenvalue weighted by Gasteiger charge is -2.34. The Morgan fingerprint density at radius 2 is 1.83 bits per heavy atom. The summed E-state index contributed by atoms with van der Waals surface area (Å²) in [4.78, 5) is 15.2. The number of amides is 1. The first kappa shape index (κ1) is 17.2. The first-order valence-electron chi connectivity index (χ1n) is 8.28. The number of benzene rings is 1. The van der Waals surface area contributed by atoms with Crippen LogP contribution in [-0.2, 0) is 11.8 Å². The summed E-state index contributed by atoms with van der Waals surface area (Å²) in [5, 5.41) is 1.28. The Hall–Kier alpha value is -1.66. The summed E-state index contributed by atoms with van der Waals surface area (Å²) in [5.41, 5.74) is 0.804. The zero-order valence-corrected chi connectivity index (χ0v) is 15.6. The molecule has 0 aliphatic carbocycles. The minimum atomic E-state index is -0.439. The number of carbonyl (C=O) groups is 1. The number of aromatic nitrogens is 1.